The van der Waals surface area contributed by atoms with Gasteiger partial charge in [-0.25, -0.2) is 9.78 Å². The van der Waals surface area contributed by atoms with Crippen LogP contribution in [-0.2, 0) is 6.54 Å². The van der Waals surface area contributed by atoms with Gasteiger partial charge < -0.3 is 15.5 Å². The molecule has 1 aromatic heterocycles. The van der Waals surface area contributed by atoms with Crippen LogP contribution in [0.3, 0.4) is 0 Å². The van der Waals surface area contributed by atoms with Crippen LogP contribution in [0.15, 0.2) is 18.3 Å². The van der Waals surface area contributed by atoms with Crippen LogP contribution in [-0.4, -0.2) is 30.6 Å². The van der Waals surface area contributed by atoms with Crippen molar-refractivity contribution in [3.8, 4) is 0 Å². The van der Waals surface area contributed by atoms with Crippen LogP contribution in [0.2, 0.25) is 0 Å². The van der Waals surface area contributed by atoms with Crippen molar-refractivity contribution < 1.29 is 4.79 Å². The van der Waals surface area contributed by atoms with E-state index in [1.807, 2.05) is 6.20 Å². The van der Waals surface area contributed by atoms with Gasteiger partial charge in [-0.15, -0.1) is 0 Å². The first-order valence-corrected chi connectivity index (χ1v) is 8.36. The number of nitrogens with zero attached hydrogens (tertiary/aromatic N) is 2. The molecule has 1 aromatic rings. The Morgan fingerprint density at radius 3 is 2.50 bits per heavy atom. The van der Waals surface area contributed by atoms with Crippen LogP contribution in [0.1, 0.15) is 45.1 Å². The summed E-state index contributed by atoms with van der Waals surface area (Å²) in [4.78, 5) is 18.5. The Labute approximate surface area is 133 Å². The van der Waals surface area contributed by atoms with Crippen LogP contribution in [0, 0.1) is 5.92 Å². The number of carbonyl (C=O) groups excluding carboxylic acids is 1. The molecule has 5 nitrogen and oxygen atoms in total. The molecule has 2 heterocycles. The predicted octanol–water partition coefficient (Wildman–Crippen LogP) is 2.92. The number of nitrogens with one attached hydrogen (secondary N) is 2. The molecule has 2 rings (SSSR count). The molecule has 0 spiro atoms. The topological polar surface area (TPSA) is 57.3 Å². The van der Waals surface area contributed by atoms with Gasteiger partial charge in [-0.2, -0.15) is 0 Å². The van der Waals surface area contributed by atoms with E-state index < -0.39 is 0 Å². The maximum Gasteiger partial charge on any atom is 0.315 e. The molecule has 0 saturated carbocycles. The number of urea groups is 1. The summed E-state index contributed by atoms with van der Waals surface area (Å²) in [5.41, 5.74) is 1.03. The maximum atomic E-state index is 11.6. The van der Waals surface area contributed by atoms with Gasteiger partial charge in [0.15, 0.2) is 0 Å². The van der Waals surface area contributed by atoms with Gasteiger partial charge >= 0.3 is 6.03 Å². The van der Waals surface area contributed by atoms with E-state index in [2.05, 4.69) is 46.5 Å². The minimum atomic E-state index is -0.120. The number of rotatable bonds is 5. The van der Waals surface area contributed by atoms with Gasteiger partial charge in [-0.1, -0.05) is 32.8 Å². The summed E-state index contributed by atoms with van der Waals surface area (Å²) >= 11 is 0. The fourth-order valence-electron chi connectivity index (χ4n) is 2.55. The third kappa shape index (κ3) is 5.54. The standard InChI is InChI=1S/C17H28N4O/c1-14(2)11-19-17(22)20-13-15-7-8-16(18-12-15)21-9-5-3-4-6-10-21/h7-8,12,14H,3-6,9-11,13H2,1-2H3,(H2,19,20,22). The normalized spacial score (nSPS) is 15.5. The largest absolute Gasteiger partial charge is 0.357 e. The second-order valence-corrected chi connectivity index (χ2v) is 6.38. The summed E-state index contributed by atoms with van der Waals surface area (Å²) in [6.45, 7) is 7.55. The van der Waals surface area contributed by atoms with E-state index in [4.69, 9.17) is 0 Å². The van der Waals surface area contributed by atoms with Crippen LogP contribution in [0.4, 0.5) is 10.6 Å². The van der Waals surface area contributed by atoms with E-state index in [-0.39, 0.29) is 6.03 Å². The Kier molecular flexibility index (Phi) is 6.49. The number of pyridine rings is 1. The van der Waals surface area contributed by atoms with Gasteiger partial charge in [-0.3, -0.25) is 0 Å². The third-order valence-electron chi connectivity index (χ3n) is 3.86. The monoisotopic (exact) mass is 304 g/mol. The molecule has 0 aliphatic carbocycles. The zero-order chi connectivity index (χ0) is 15.8. The Morgan fingerprint density at radius 2 is 1.91 bits per heavy atom. The van der Waals surface area contributed by atoms with E-state index in [0.29, 0.717) is 19.0 Å². The zero-order valence-corrected chi connectivity index (χ0v) is 13.8. The van der Waals surface area contributed by atoms with Crippen LogP contribution in [0.5, 0.6) is 0 Å². The Hall–Kier alpha value is -1.78. The second kappa shape index (κ2) is 8.61. The lowest BCUT2D eigenvalue weighted by Gasteiger charge is -2.21. The number of anilines is 1. The quantitative estimate of drug-likeness (QED) is 0.879. The van der Waals surface area contributed by atoms with Crippen molar-refractivity contribution in [2.75, 3.05) is 24.5 Å². The lowest BCUT2D eigenvalue weighted by Crippen LogP contribution is -2.37. The van der Waals surface area contributed by atoms with E-state index in [1.165, 1.54) is 25.7 Å². The van der Waals surface area contributed by atoms with Crippen molar-refractivity contribution in [3.05, 3.63) is 23.9 Å². The van der Waals surface area contributed by atoms with E-state index in [0.717, 1.165) is 24.5 Å². The molecular weight excluding hydrogens is 276 g/mol. The van der Waals surface area contributed by atoms with Crippen LogP contribution >= 0.6 is 0 Å². The molecule has 1 saturated heterocycles. The van der Waals surface area contributed by atoms with Gasteiger partial charge in [-0.05, 0) is 30.4 Å². The molecule has 2 N–H and O–H groups in total. The first kappa shape index (κ1) is 16.6. The lowest BCUT2D eigenvalue weighted by atomic mass is 10.2. The highest BCUT2D eigenvalue weighted by Gasteiger charge is 2.10. The molecule has 0 aromatic carbocycles. The van der Waals surface area contributed by atoms with Crippen molar-refractivity contribution in [2.24, 2.45) is 5.92 Å². The van der Waals surface area contributed by atoms with Crippen LogP contribution in [0.25, 0.3) is 0 Å². The Balaban J connectivity index is 1.80. The number of hydrogen-bond donors (Lipinski definition) is 2. The smallest absolute Gasteiger partial charge is 0.315 e. The Morgan fingerprint density at radius 1 is 1.18 bits per heavy atom. The summed E-state index contributed by atoms with van der Waals surface area (Å²) < 4.78 is 0. The number of carbonyl (C=O) groups is 1. The number of aromatic nitrogens is 1. The highest BCUT2D eigenvalue weighted by molar-refractivity contribution is 5.73. The van der Waals surface area contributed by atoms with Crippen molar-refractivity contribution in [3.63, 3.8) is 0 Å². The average Bonchev–Trinajstić information content (AvgIpc) is 2.80. The van der Waals surface area contributed by atoms with Crippen molar-refractivity contribution in [1.82, 2.24) is 15.6 Å². The van der Waals surface area contributed by atoms with E-state index in [1.54, 1.807) is 0 Å². The van der Waals surface area contributed by atoms with Crippen LogP contribution < -0.4 is 15.5 Å². The molecule has 1 aliphatic rings. The minimum Gasteiger partial charge on any atom is -0.357 e. The van der Waals surface area contributed by atoms with E-state index >= 15 is 0 Å². The highest BCUT2D eigenvalue weighted by Crippen LogP contribution is 2.17. The molecule has 0 radical (unpaired) electrons. The van der Waals surface area contributed by atoms with Crippen molar-refractivity contribution in [2.45, 2.75) is 46.1 Å². The third-order valence-corrected chi connectivity index (χ3v) is 3.86. The molecule has 2 amide bonds. The fraction of sp³-hybridized carbons (Fsp3) is 0.647. The first-order valence-electron chi connectivity index (χ1n) is 8.36. The molecule has 5 heteroatoms. The van der Waals surface area contributed by atoms with Gasteiger partial charge in [0.1, 0.15) is 5.82 Å². The molecule has 122 valence electrons. The summed E-state index contributed by atoms with van der Waals surface area (Å²) in [6, 6.07) is 4.00. The van der Waals surface area contributed by atoms with Crippen molar-refractivity contribution in [1.29, 1.82) is 0 Å². The van der Waals surface area contributed by atoms with E-state index in [9.17, 15) is 4.79 Å². The minimum absolute atomic E-state index is 0.120. The van der Waals surface area contributed by atoms with Gasteiger partial charge in [0.05, 0.1) is 0 Å². The summed E-state index contributed by atoms with van der Waals surface area (Å²) in [5.74, 6) is 1.51. The summed E-state index contributed by atoms with van der Waals surface area (Å²) in [5, 5.41) is 5.70. The fourth-order valence-corrected chi connectivity index (χ4v) is 2.55. The number of hydrogen-bond acceptors (Lipinski definition) is 3. The van der Waals surface area contributed by atoms with Gasteiger partial charge in [0.2, 0.25) is 0 Å². The second-order valence-electron chi connectivity index (χ2n) is 6.38. The van der Waals surface area contributed by atoms with Crippen molar-refractivity contribution >= 4 is 11.8 Å². The predicted molar refractivity (Wildman–Crippen MR) is 90.0 cm³/mol. The molecular formula is C17H28N4O. The lowest BCUT2D eigenvalue weighted by molar-refractivity contribution is 0.239. The SMILES string of the molecule is CC(C)CNC(=O)NCc1ccc(N2CCCCCC2)nc1. The van der Waals surface area contributed by atoms with Gasteiger partial charge in [0.25, 0.3) is 0 Å². The Bertz CT molecular complexity index is 450. The molecule has 0 bridgehead atoms. The molecule has 0 atom stereocenters. The first-order chi connectivity index (χ1) is 10.6. The zero-order valence-electron chi connectivity index (χ0n) is 13.8. The molecule has 0 unspecified atom stereocenters. The summed E-state index contributed by atoms with van der Waals surface area (Å²) in [7, 11) is 0. The maximum absolute atomic E-state index is 11.6. The molecule has 22 heavy (non-hydrogen) atoms. The molecule has 1 aliphatic heterocycles. The number of amides is 2. The highest BCUT2D eigenvalue weighted by atomic mass is 16.2. The summed E-state index contributed by atoms with van der Waals surface area (Å²) in [6.07, 6.45) is 7.01. The molecule has 1 fully saturated rings. The average molecular weight is 304 g/mol. The van der Waals surface area contributed by atoms with Gasteiger partial charge in [0, 0.05) is 32.4 Å².